The van der Waals surface area contributed by atoms with Crippen molar-refractivity contribution in [1.82, 2.24) is 4.57 Å². The minimum Gasteiger partial charge on any atom is -0.496 e. The number of nitrogens with zero attached hydrogens (tertiary/aromatic N) is 1. The van der Waals surface area contributed by atoms with Crippen molar-refractivity contribution < 1.29 is 23.4 Å². The molecule has 0 aliphatic heterocycles. The van der Waals surface area contributed by atoms with E-state index in [4.69, 9.17) is 14.2 Å². The highest BCUT2D eigenvalue weighted by Gasteiger charge is 2.20. The van der Waals surface area contributed by atoms with E-state index >= 15 is 0 Å². The van der Waals surface area contributed by atoms with Crippen molar-refractivity contribution in [3.8, 4) is 17.2 Å². The summed E-state index contributed by atoms with van der Waals surface area (Å²) in [5.74, 6) is 0.547. The molecule has 0 saturated heterocycles. The lowest BCUT2D eigenvalue weighted by Gasteiger charge is -2.17. The number of methoxy groups -OCH3 is 3. The van der Waals surface area contributed by atoms with E-state index in [1.165, 1.54) is 44.7 Å². The number of hydrogen-bond acceptors (Lipinski definition) is 5. The normalized spacial score (nSPS) is 10.8. The minimum atomic E-state index is -0.495. The zero-order chi connectivity index (χ0) is 23.5. The van der Waals surface area contributed by atoms with Crippen molar-refractivity contribution in [1.29, 1.82) is 0 Å². The fourth-order valence-electron chi connectivity index (χ4n) is 3.78. The summed E-state index contributed by atoms with van der Waals surface area (Å²) >= 11 is 0. The molecular weight excluding hydrogens is 425 g/mol. The van der Waals surface area contributed by atoms with Gasteiger partial charge < -0.3 is 18.8 Å². The zero-order valence-corrected chi connectivity index (χ0v) is 18.4. The molecule has 0 atom stereocenters. The monoisotopic (exact) mass is 447 g/mol. The lowest BCUT2D eigenvalue weighted by Crippen LogP contribution is -2.20. The second kappa shape index (κ2) is 9.16. The van der Waals surface area contributed by atoms with E-state index < -0.39 is 17.0 Å². The lowest BCUT2D eigenvalue weighted by atomic mass is 10.0. The molecule has 33 heavy (non-hydrogen) atoms. The van der Waals surface area contributed by atoms with Crippen LogP contribution >= 0.6 is 0 Å². The molecule has 168 valence electrons. The highest BCUT2D eigenvalue weighted by atomic mass is 19.1. The molecule has 0 aliphatic carbocycles. The Balaban J connectivity index is 1.97. The number of ketones is 1. The molecule has 0 N–H and O–H groups in total. The summed E-state index contributed by atoms with van der Waals surface area (Å²) in [6, 6.07) is 15.9. The molecule has 0 unspecified atom stereocenters. The average Bonchev–Trinajstić information content (AvgIpc) is 2.85. The first-order valence-electron chi connectivity index (χ1n) is 10.2. The van der Waals surface area contributed by atoms with Crippen LogP contribution in [-0.2, 0) is 6.54 Å². The maximum absolute atomic E-state index is 13.4. The SMILES string of the molecule is COc1ccccc1Cn1cc(C(=O)c2ccc(F)cc2)c(=O)c2cc(OC)c(OC)cc21. The summed E-state index contributed by atoms with van der Waals surface area (Å²) in [7, 11) is 4.57. The Hall–Kier alpha value is -4.13. The van der Waals surface area contributed by atoms with Gasteiger partial charge in [0.25, 0.3) is 0 Å². The average molecular weight is 447 g/mol. The Labute approximate surface area is 189 Å². The van der Waals surface area contributed by atoms with E-state index in [0.29, 0.717) is 34.7 Å². The van der Waals surface area contributed by atoms with E-state index in [-0.39, 0.29) is 11.1 Å². The van der Waals surface area contributed by atoms with E-state index in [2.05, 4.69) is 0 Å². The molecule has 4 aromatic rings. The number of carbonyl (C=O) groups is 1. The Morgan fingerprint density at radius 1 is 0.879 bits per heavy atom. The first-order chi connectivity index (χ1) is 16.0. The van der Waals surface area contributed by atoms with E-state index in [1.54, 1.807) is 23.8 Å². The highest BCUT2D eigenvalue weighted by Crippen LogP contribution is 2.32. The minimum absolute atomic E-state index is 0.0313. The molecule has 0 amide bonds. The maximum atomic E-state index is 13.4. The highest BCUT2D eigenvalue weighted by molar-refractivity contribution is 6.10. The molecule has 0 aliphatic rings. The third-order valence-corrected chi connectivity index (χ3v) is 5.47. The quantitative estimate of drug-likeness (QED) is 0.392. The van der Waals surface area contributed by atoms with Crippen LogP contribution in [0.25, 0.3) is 10.9 Å². The molecule has 3 aromatic carbocycles. The van der Waals surface area contributed by atoms with Gasteiger partial charge in [0.15, 0.2) is 17.3 Å². The van der Waals surface area contributed by atoms with E-state index in [1.807, 2.05) is 24.3 Å². The van der Waals surface area contributed by atoms with Gasteiger partial charge in [-0.3, -0.25) is 9.59 Å². The number of rotatable bonds is 7. The predicted octanol–water partition coefficient (Wildman–Crippen LogP) is 4.45. The third kappa shape index (κ3) is 4.17. The molecular formula is C26H22FNO5. The van der Waals surface area contributed by atoms with Gasteiger partial charge in [0.05, 0.1) is 44.3 Å². The standard InChI is InChI=1S/C26H22FNO5/c1-31-22-7-5-4-6-17(22)14-28-15-20(25(29)16-8-10-18(27)11-9-16)26(30)19-12-23(32-2)24(33-3)13-21(19)28/h4-13,15H,14H2,1-3H3. The summed E-state index contributed by atoms with van der Waals surface area (Å²) < 4.78 is 31.4. The van der Waals surface area contributed by atoms with Crippen LogP contribution in [0.3, 0.4) is 0 Å². The third-order valence-electron chi connectivity index (χ3n) is 5.47. The van der Waals surface area contributed by atoms with Crippen LogP contribution in [0.1, 0.15) is 21.5 Å². The van der Waals surface area contributed by atoms with Crippen molar-refractivity contribution in [2.75, 3.05) is 21.3 Å². The van der Waals surface area contributed by atoms with Crippen molar-refractivity contribution >= 4 is 16.7 Å². The van der Waals surface area contributed by atoms with Gasteiger partial charge in [-0.1, -0.05) is 18.2 Å². The van der Waals surface area contributed by atoms with Gasteiger partial charge in [0, 0.05) is 23.4 Å². The molecule has 7 heteroatoms. The summed E-state index contributed by atoms with van der Waals surface area (Å²) in [4.78, 5) is 26.6. The summed E-state index contributed by atoms with van der Waals surface area (Å²) in [5, 5.41) is 0.301. The molecule has 1 heterocycles. The Kier molecular flexibility index (Phi) is 6.13. The van der Waals surface area contributed by atoms with Crippen molar-refractivity contribution in [2.45, 2.75) is 6.54 Å². The van der Waals surface area contributed by atoms with Gasteiger partial charge in [-0.2, -0.15) is 0 Å². The number of carbonyl (C=O) groups excluding carboxylic acids is 1. The van der Waals surface area contributed by atoms with Crippen LogP contribution < -0.4 is 19.6 Å². The predicted molar refractivity (Wildman–Crippen MR) is 123 cm³/mol. The number of benzene rings is 3. The Morgan fingerprint density at radius 2 is 1.52 bits per heavy atom. The van der Waals surface area contributed by atoms with Crippen LogP contribution in [0.15, 0.2) is 71.7 Å². The molecule has 0 bridgehead atoms. The van der Waals surface area contributed by atoms with Gasteiger partial charge >= 0.3 is 0 Å². The lowest BCUT2D eigenvalue weighted by molar-refractivity contribution is 0.103. The largest absolute Gasteiger partial charge is 0.496 e. The van der Waals surface area contributed by atoms with Crippen LogP contribution in [0.5, 0.6) is 17.2 Å². The Morgan fingerprint density at radius 3 is 2.18 bits per heavy atom. The summed E-state index contributed by atoms with van der Waals surface area (Å²) in [6.07, 6.45) is 1.52. The number of aromatic nitrogens is 1. The fourth-order valence-corrected chi connectivity index (χ4v) is 3.78. The second-order valence-electron chi connectivity index (χ2n) is 7.37. The maximum Gasteiger partial charge on any atom is 0.200 e. The molecule has 0 radical (unpaired) electrons. The van der Waals surface area contributed by atoms with Gasteiger partial charge in [-0.15, -0.1) is 0 Å². The van der Waals surface area contributed by atoms with Crippen LogP contribution in [0, 0.1) is 5.82 Å². The Bertz CT molecular complexity index is 1390. The second-order valence-corrected chi connectivity index (χ2v) is 7.37. The van der Waals surface area contributed by atoms with E-state index in [0.717, 1.165) is 5.56 Å². The first-order valence-corrected chi connectivity index (χ1v) is 10.2. The first kappa shape index (κ1) is 22.1. The smallest absolute Gasteiger partial charge is 0.200 e. The number of para-hydroxylation sites is 1. The number of fused-ring (bicyclic) bond motifs is 1. The molecule has 0 spiro atoms. The fraction of sp³-hybridized carbons (Fsp3) is 0.154. The van der Waals surface area contributed by atoms with Crippen molar-refractivity contribution in [2.24, 2.45) is 0 Å². The zero-order valence-electron chi connectivity index (χ0n) is 18.4. The summed E-state index contributed by atoms with van der Waals surface area (Å²) in [5.41, 5.74) is 1.17. The van der Waals surface area contributed by atoms with Crippen LogP contribution in [-0.4, -0.2) is 31.7 Å². The van der Waals surface area contributed by atoms with Gasteiger partial charge in [0.1, 0.15) is 11.6 Å². The number of pyridine rings is 1. The van der Waals surface area contributed by atoms with Crippen LogP contribution in [0.4, 0.5) is 4.39 Å². The van der Waals surface area contributed by atoms with Crippen LogP contribution in [0.2, 0.25) is 0 Å². The molecule has 0 saturated carbocycles. The number of ether oxygens (including phenoxy) is 3. The van der Waals surface area contributed by atoms with Gasteiger partial charge in [-0.25, -0.2) is 4.39 Å². The van der Waals surface area contributed by atoms with Gasteiger partial charge in [-0.05, 0) is 36.4 Å². The van der Waals surface area contributed by atoms with Gasteiger partial charge in [0.2, 0.25) is 5.43 Å². The van der Waals surface area contributed by atoms with Crippen molar-refractivity contribution in [3.05, 3.63) is 99.6 Å². The molecule has 1 aromatic heterocycles. The summed E-state index contributed by atoms with van der Waals surface area (Å²) in [6.45, 7) is 0.333. The topological polar surface area (TPSA) is 66.8 Å². The van der Waals surface area contributed by atoms with E-state index in [9.17, 15) is 14.0 Å². The molecule has 4 rings (SSSR count). The molecule has 6 nitrogen and oxygen atoms in total. The van der Waals surface area contributed by atoms with Crippen molar-refractivity contribution in [3.63, 3.8) is 0 Å². The number of halogens is 1. The molecule has 0 fully saturated rings. The number of hydrogen-bond donors (Lipinski definition) is 0.